The standard InChI is InChI=1S/C15H15ClN4/c1-10-11(2)18-19-15(14(10)8-17)20(3)9-12-5-4-6-13(16)7-12/h4-7H,9H2,1-3H3. The summed E-state index contributed by atoms with van der Waals surface area (Å²) in [7, 11) is 1.89. The summed E-state index contributed by atoms with van der Waals surface area (Å²) >= 11 is 5.98. The number of rotatable bonds is 3. The third kappa shape index (κ3) is 2.89. The number of benzene rings is 1. The molecule has 0 spiro atoms. The highest BCUT2D eigenvalue weighted by Crippen LogP contribution is 2.22. The molecular weight excluding hydrogens is 272 g/mol. The average Bonchev–Trinajstić information content (AvgIpc) is 2.41. The van der Waals surface area contributed by atoms with Crippen LogP contribution in [0.3, 0.4) is 0 Å². The van der Waals surface area contributed by atoms with Crippen LogP contribution < -0.4 is 4.90 Å². The first-order chi connectivity index (χ1) is 9.52. The molecule has 0 radical (unpaired) electrons. The van der Waals surface area contributed by atoms with Crippen LogP contribution >= 0.6 is 11.6 Å². The van der Waals surface area contributed by atoms with E-state index in [1.807, 2.05) is 50.1 Å². The van der Waals surface area contributed by atoms with Gasteiger partial charge in [-0.3, -0.25) is 0 Å². The van der Waals surface area contributed by atoms with Crippen molar-refractivity contribution in [1.82, 2.24) is 10.2 Å². The van der Waals surface area contributed by atoms with E-state index in [1.165, 1.54) is 0 Å². The summed E-state index contributed by atoms with van der Waals surface area (Å²) in [5.41, 5.74) is 3.28. The predicted octanol–water partition coefficient (Wildman–Crippen LogP) is 3.25. The van der Waals surface area contributed by atoms with Gasteiger partial charge in [-0.1, -0.05) is 23.7 Å². The Kier molecular flexibility index (Phi) is 4.21. The van der Waals surface area contributed by atoms with Crippen molar-refractivity contribution in [2.75, 3.05) is 11.9 Å². The Bertz CT molecular complexity index is 676. The summed E-state index contributed by atoms with van der Waals surface area (Å²) in [4.78, 5) is 1.91. The molecule has 0 aliphatic rings. The maximum atomic E-state index is 9.32. The van der Waals surface area contributed by atoms with Gasteiger partial charge in [-0.05, 0) is 37.1 Å². The molecule has 20 heavy (non-hydrogen) atoms. The van der Waals surface area contributed by atoms with Crippen LogP contribution in [-0.4, -0.2) is 17.2 Å². The Balaban J connectivity index is 2.33. The van der Waals surface area contributed by atoms with E-state index in [9.17, 15) is 5.26 Å². The first kappa shape index (κ1) is 14.3. The van der Waals surface area contributed by atoms with E-state index in [1.54, 1.807) is 0 Å². The Morgan fingerprint density at radius 2 is 2.05 bits per heavy atom. The third-order valence-corrected chi connectivity index (χ3v) is 3.45. The topological polar surface area (TPSA) is 52.8 Å². The first-order valence-corrected chi connectivity index (χ1v) is 6.60. The number of hydrogen-bond acceptors (Lipinski definition) is 4. The van der Waals surface area contributed by atoms with Gasteiger partial charge in [0.1, 0.15) is 11.6 Å². The summed E-state index contributed by atoms with van der Waals surface area (Å²) in [6.45, 7) is 4.36. The molecule has 1 aromatic carbocycles. The van der Waals surface area contributed by atoms with Gasteiger partial charge in [-0.2, -0.15) is 10.4 Å². The molecule has 0 fully saturated rings. The van der Waals surface area contributed by atoms with E-state index >= 15 is 0 Å². The molecule has 4 nitrogen and oxygen atoms in total. The minimum atomic E-state index is 0.571. The zero-order chi connectivity index (χ0) is 14.7. The first-order valence-electron chi connectivity index (χ1n) is 6.22. The summed E-state index contributed by atoms with van der Waals surface area (Å²) in [5, 5.41) is 18.3. The molecular formula is C15H15ClN4. The lowest BCUT2D eigenvalue weighted by molar-refractivity contribution is 0.846. The molecule has 0 atom stereocenters. The smallest absolute Gasteiger partial charge is 0.169 e. The molecule has 0 aliphatic heterocycles. The maximum absolute atomic E-state index is 9.32. The van der Waals surface area contributed by atoms with Crippen LogP contribution in [0.2, 0.25) is 5.02 Å². The number of aromatic nitrogens is 2. The van der Waals surface area contributed by atoms with Gasteiger partial charge >= 0.3 is 0 Å². The van der Waals surface area contributed by atoms with E-state index < -0.39 is 0 Å². The zero-order valence-corrected chi connectivity index (χ0v) is 12.4. The van der Waals surface area contributed by atoms with Crippen molar-refractivity contribution >= 4 is 17.4 Å². The van der Waals surface area contributed by atoms with Crippen LogP contribution in [0.25, 0.3) is 0 Å². The van der Waals surface area contributed by atoms with E-state index in [0.29, 0.717) is 22.9 Å². The average molecular weight is 287 g/mol. The van der Waals surface area contributed by atoms with Crippen LogP contribution in [-0.2, 0) is 6.54 Å². The monoisotopic (exact) mass is 286 g/mol. The number of anilines is 1. The van der Waals surface area contributed by atoms with Gasteiger partial charge in [0.05, 0.1) is 5.69 Å². The number of nitrogens with zero attached hydrogens (tertiary/aromatic N) is 4. The molecule has 5 heteroatoms. The van der Waals surface area contributed by atoms with Crippen LogP contribution in [0.5, 0.6) is 0 Å². The maximum Gasteiger partial charge on any atom is 0.169 e. The van der Waals surface area contributed by atoms with E-state index in [0.717, 1.165) is 16.8 Å². The van der Waals surface area contributed by atoms with Gasteiger partial charge in [-0.25, -0.2) is 0 Å². The minimum absolute atomic E-state index is 0.571. The number of halogens is 1. The minimum Gasteiger partial charge on any atom is -0.353 e. The Morgan fingerprint density at radius 1 is 1.30 bits per heavy atom. The van der Waals surface area contributed by atoms with Gasteiger partial charge < -0.3 is 4.90 Å². The van der Waals surface area contributed by atoms with Gasteiger partial charge in [0.25, 0.3) is 0 Å². The zero-order valence-electron chi connectivity index (χ0n) is 11.7. The predicted molar refractivity (Wildman–Crippen MR) is 79.8 cm³/mol. The quantitative estimate of drug-likeness (QED) is 0.869. The highest BCUT2D eigenvalue weighted by molar-refractivity contribution is 6.30. The van der Waals surface area contributed by atoms with Crippen molar-refractivity contribution in [3.05, 3.63) is 51.7 Å². The van der Waals surface area contributed by atoms with Crippen LogP contribution in [0, 0.1) is 25.2 Å². The summed E-state index contributed by atoms with van der Waals surface area (Å²) in [6, 6.07) is 9.84. The molecule has 0 unspecified atom stereocenters. The van der Waals surface area contributed by atoms with Gasteiger partial charge in [0.15, 0.2) is 5.82 Å². The molecule has 1 heterocycles. The van der Waals surface area contributed by atoms with Crippen molar-refractivity contribution < 1.29 is 0 Å². The van der Waals surface area contributed by atoms with Gasteiger partial charge in [0, 0.05) is 18.6 Å². The van der Waals surface area contributed by atoms with Crippen molar-refractivity contribution in [2.45, 2.75) is 20.4 Å². The van der Waals surface area contributed by atoms with Crippen molar-refractivity contribution in [3.8, 4) is 6.07 Å². The lowest BCUT2D eigenvalue weighted by Gasteiger charge is -2.20. The summed E-state index contributed by atoms with van der Waals surface area (Å²) < 4.78 is 0. The van der Waals surface area contributed by atoms with Crippen molar-refractivity contribution in [1.29, 1.82) is 5.26 Å². The normalized spacial score (nSPS) is 10.2. The highest BCUT2D eigenvalue weighted by Gasteiger charge is 2.14. The Hall–Kier alpha value is -2.12. The van der Waals surface area contributed by atoms with Crippen LogP contribution in [0.4, 0.5) is 5.82 Å². The summed E-state index contributed by atoms with van der Waals surface area (Å²) in [6.07, 6.45) is 0. The molecule has 0 bridgehead atoms. The molecule has 0 saturated heterocycles. The highest BCUT2D eigenvalue weighted by atomic mass is 35.5. The number of aryl methyl sites for hydroxylation is 1. The van der Waals surface area contributed by atoms with Crippen molar-refractivity contribution in [3.63, 3.8) is 0 Å². The SMILES string of the molecule is Cc1nnc(N(C)Cc2cccc(Cl)c2)c(C#N)c1C. The Morgan fingerprint density at radius 3 is 2.70 bits per heavy atom. The molecule has 0 saturated carbocycles. The second kappa shape index (κ2) is 5.89. The number of hydrogen-bond donors (Lipinski definition) is 0. The fraction of sp³-hybridized carbons (Fsp3) is 0.267. The lowest BCUT2D eigenvalue weighted by atomic mass is 10.1. The second-order valence-electron chi connectivity index (χ2n) is 4.71. The molecule has 0 amide bonds. The number of nitriles is 1. The van der Waals surface area contributed by atoms with E-state index in [-0.39, 0.29) is 0 Å². The fourth-order valence-electron chi connectivity index (χ4n) is 1.98. The van der Waals surface area contributed by atoms with E-state index in [4.69, 9.17) is 11.6 Å². The molecule has 0 N–H and O–H groups in total. The van der Waals surface area contributed by atoms with Crippen LogP contribution in [0.1, 0.15) is 22.4 Å². The van der Waals surface area contributed by atoms with Crippen LogP contribution in [0.15, 0.2) is 24.3 Å². The van der Waals surface area contributed by atoms with Gasteiger partial charge in [-0.15, -0.1) is 5.10 Å². The lowest BCUT2D eigenvalue weighted by Crippen LogP contribution is -2.20. The molecule has 2 aromatic rings. The largest absolute Gasteiger partial charge is 0.353 e. The Labute approximate surface area is 123 Å². The van der Waals surface area contributed by atoms with E-state index in [2.05, 4.69) is 16.3 Å². The van der Waals surface area contributed by atoms with Gasteiger partial charge in [0.2, 0.25) is 0 Å². The third-order valence-electron chi connectivity index (χ3n) is 3.22. The fourth-order valence-corrected chi connectivity index (χ4v) is 2.19. The molecule has 2 rings (SSSR count). The van der Waals surface area contributed by atoms with Crippen molar-refractivity contribution in [2.24, 2.45) is 0 Å². The second-order valence-corrected chi connectivity index (χ2v) is 5.14. The molecule has 1 aromatic heterocycles. The molecule has 0 aliphatic carbocycles. The summed E-state index contributed by atoms with van der Waals surface area (Å²) in [5.74, 6) is 0.593. The molecule has 102 valence electrons.